The van der Waals surface area contributed by atoms with Gasteiger partial charge in [0.1, 0.15) is 0 Å². The van der Waals surface area contributed by atoms with Gasteiger partial charge in [-0.25, -0.2) is 0 Å². The molecular formula is C17H26O2S. The van der Waals surface area contributed by atoms with E-state index in [0.29, 0.717) is 18.0 Å². The lowest BCUT2D eigenvalue weighted by Gasteiger charge is -2.13. The summed E-state index contributed by atoms with van der Waals surface area (Å²) in [5.74, 6) is 0. The van der Waals surface area contributed by atoms with Gasteiger partial charge in [0.05, 0.1) is 12.7 Å². The number of hydrogen-bond donors (Lipinski definition) is 1. The highest BCUT2D eigenvalue weighted by atomic mass is 32.1. The molecule has 3 heteroatoms. The second-order valence-corrected chi connectivity index (χ2v) is 6.28. The lowest BCUT2D eigenvalue weighted by Crippen LogP contribution is -2.08. The Morgan fingerprint density at radius 3 is 2.85 bits per heavy atom. The van der Waals surface area contributed by atoms with Crippen molar-refractivity contribution >= 4 is 12.6 Å². The van der Waals surface area contributed by atoms with Crippen molar-refractivity contribution < 1.29 is 9.47 Å². The molecule has 0 aromatic heterocycles. The average Bonchev–Trinajstić information content (AvgIpc) is 2.98. The van der Waals surface area contributed by atoms with Crippen molar-refractivity contribution in [2.24, 2.45) is 0 Å². The summed E-state index contributed by atoms with van der Waals surface area (Å²) in [6.07, 6.45) is 7.61. The Bertz CT molecular complexity index is 349. The number of benzene rings is 1. The van der Waals surface area contributed by atoms with E-state index in [0.717, 1.165) is 26.1 Å². The molecular weight excluding hydrogens is 268 g/mol. The maximum Gasteiger partial charge on any atom is 0.0716 e. The van der Waals surface area contributed by atoms with Gasteiger partial charge in [0.2, 0.25) is 0 Å². The smallest absolute Gasteiger partial charge is 0.0716 e. The summed E-state index contributed by atoms with van der Waals surface area (Å²) in [5, 5.41) is 0.451. The third-order valence-corrected chi connectivity index (χ3v) is 4.31. The summed E-state index contributed by atoms with van der Waals surface area (Å²) >= 11 is 4.65. The Hall–Kier alpha value is -0.510. The van der Waals surface area contributed by atoms with Gasteiger partial charge in [-0.1, -0.05) is 30.3 Å². The quantitative estimate of drug-likeness (QED) is 0.542. The van der Waals surface area contributed by atoms with Gasteiger partial charge in [-0.3, -0.25) is 0 Å². The Kier molecular flexibility index (Phi) is 7.48. The standard InChI is InChI=1S/C17H26O2S/c20-17(10-4-8-16-9-5-12-19-16)11-13-18-14-15-6-2-1-3-7-15/h1-3,6-7,16-17,20H,4-5,8-14H2. The molecule has 1 aromatic rings. The second-order valence-electron chi connectivity index (χ2n) is 5.55. The predicted molar refractivity (Wildman–Crippen MR) is 86.3 cm³/mol. The fourth-order valence-electron chi connectivity index (χ4n) is 2.58. The van der Waals surface area contributed by atoms with Crippen molar-refractivity contribution in [3.63, 3.8) is 0 Å². The Balaban J connectivity index is 1.46. The average molecular weight is 294 g/mol. The number of thiol groups is 1. The highest BCUT2D eigenvalue weighted by Crippen LogP contribution is 2.20. The normalized spacial score (nSPS) is 20.1. The summed E-state index contributed by atoms with van der Waals surface area (Å²) in [6.45, 7) is 2.46. The lowest BCUT2D eigenvalue weighted by molar-refractivity contribution is 0.101. The third-order valence-electron chi connectivity index (χ3n) is 3.79. The van der Waals surface area contributed by atoms with E-state index in [9.17, 15) is 0 Å². The third kappa shape index (κ3) is 6.29. The molecule has 0 spiro atoms. The highest BCUT2D eigenvalue weighted by molar-refractivity contribution is 7.80. The first kappa shape index (κ1) is 15.9. The maximum absolute atomic E-state index is 5.70. The molecule has 1 heterocycles. The molecule has 1 aromatic carbocycles. The van der Waals surface area contributed by atoms with Crippen LogP contribution in [0.3, 0.4) is 0 Å². The monoisotopic (exact) mass is 294 g/mol. The first-order valence-corrected chi connectivity index (χ1v) is 8.27. The minimum atomic E-state index is 0.451. The molecule has 2 nitrogen and oxygen atoms in total. The summed E-state index contributed by atoms with van der Waals surface area (Å²) in [7, 11) is 0. The van der Waals surface area contributed by atoms with Crippen LogP contribution < -0.4 is 0 Å². The summed E-state index contributed by atoms with van der Waals surface area (Å²) < 4.78 is 11.3. The first-order chi connectivity index (χ1) is 9.84. The molecule has 2 unspecified atom stereocenters. The summed E-state index contributed by atoms with van der Waals surface area (Å²) in [4.78, 5) is 0. The van der Waals surface area contributed by atoms with Crippen molar-refractivity contribution in [2.45, 2.75) is 56.5 Å². The van der Waals surface area contributed by atoms with Crippen LogP contribution >= 0.6 is 12.6 Å². The number of ether oxygens (including phenoxy) is 2. The van der Waals surface area contributed by atoms with E-state index in [1.54, 1.807) is 0 Å². The zero-order valence-electron chi connectivity index (χ0n) is 12.2. The van der Waals surface area contributed by atoms with Crippen LogP contribution in [0.25, 0.3) is 0 Å². The molecule has 112 valence electrons. The molecule has 20 heavy (non-hydrogen) atoms. The van der Waals surface area contributed by atoms with Crippen LogP contribution in [0.5, 0.6) is 0 Å². The van der Waals surface area contributed by atoms with Crippen molar-refractivity contribution in [1.82, 2.24) is 0 Å². The highest BCUT2D eigenvalue weighted by Gasteiger charge is 2.15. The fourth-order valence-corrected chi connectivity index (χ4v) is 2.87. The van der Waals surface area contributed by atoms with Crippen molar-refractivity contribution in [3.8, 4) is 0 Å². The molecule has 1 aliphatic heterocycles. The first-order valence-electron chi connectivity index (χ1n) is 7.76. The number of hydrogen-bond acceptors (Lipinski definition) is 3. The van der Waals surface area contributed by atoms with E-state index in [4.69, 9.17) is 9.47 Å². The predicted octanol–water partition coefficient (Wildman–Crippen LogP) is 4.24. The molecule has 1 aliphatic rings. The van der Waals surface area contributed by atoms with E-state index in [2.05, 4.69) is 24.8 Å². The molecule has 1 fully saturated rings. The van der Waals surface area contributed by atoms with Gasteiger partial charge in [-0.2, -0.15) is 12.6 Å². The summed E-state index contributed by atoms with van der Waals surface area (Å²) in [5.41, 5.74) is 1.24. The minimum absolute atomic E-state index is 0.451. The Labute approximate surface area is 128 Å². The molecule has 0 aliphatic carbocycles. The van der Waals surface area contributed by atoms with Crippen LogP contribution in [-0.4, -0.2) is 24.6 Å². The van der Waals surface area contributed by atoms with E-state index in [1.165, 1.54) is 31.2 Å². The molecule has 1 saturated heterocycles. The van der Waals surface area contributed by atoms with Crippen LogP contribution in [0.15, 0.2) is 30.3 Å². The molecule has 0 radical (unpaired) electrons. The molecule has 0 saturated carbocycles. The van der Waals surface area contributed by atoms with E-state index in [-0.39, 0.29) is 0 Å². The van der Waals surface area contributed by atoms with Gasteiger partial charge >= 0.3 is 0 Å². The van der Waals surface area contributed by atoms with Gasteiger partial charge in [0.25, 0.3) is 0 Å². The van der Waals surface area contributed by atoms with E-state index in [1.807, 2.05) is 18.2 Å². The van der Waals surface area contributed by atoms with Crippen molar-refractivity contribution in [2.75, 3.05) is 13.2 Å². The maximum atomic E-state index is 5.70. The van der Waals surface area contributed by atoms with Gasteiger partial charge < -0.3 is 9.47 Å². The van der Waals surface area contributed by atoms with Crippen LogP contribution in [0.2, 0.25) is 0 Å². The van der Waals surface area contributed by atoms with Crippen LogP contribution in [0, 0.1) is 0 Å². The van der Waals surface area contributed by atoms with E-state index >= 15 is 0 Å². The zero-order valence-corrected chi connectivity index (χ0v) is 13.1. The Morgan fingerprint density at radius 1 is 1.25 bits per heavy atom. The molecule has 2 atom stereocenters. The largest absolute Gasteiger partial charge is 0.378 e. The van der Waals surface area contributed by atoms with Gasteiger partial charge in [0, 0.05) is 18.5 Å². The second kappa shape index (κ2) is 9.43. The van der Waals surface area contributed by atoms with Gasteiger partial charge in [0.15, 0.2) is 0 Å². The molecule has 2 rings (SSSR count). The SMILES string of the molecule is SC(CCCC1CCCO1)CCOCc1ccccc1. The van der Waals surface area contributed by atoms with Crippen molar-refractivity contribution in [3.05, 3.63) is 35.9 Å². The molecule has 0 bridgehead atoms. The summed E-state index contributed by atoms with van der Waals surface area (Å²) in [6, 6.07) is 10.3. The van der Waals surface area contributed by atoms with Crippen LogP contribution in [0.4, 0.5) is 0 Å². The zero-order chi connectivity index (χ0) is 14.0. The van der Waals surface area contributed by atoms with Gasteiger partial charge in [-0.05, 0) is 44.1 Å². The fraction of sp³-hybridized carbons (Fsp3) is 0.647. The number of rotatable bonds is 9. The molecule has 0 amide bonds. The van der Waals surface area contributed by atoms with E-state index < -0.39 is 0 Å². The van der Waals surface area contributed by atoms with Crippen LogP contribution in [0.1, 0.15) is 44.1 Å². The minimum Gasteiger partial charge on any atom is -0.378 e. The van der Waals surface area contributed by atoms with Crippen LogP contribution in [-0.2, 0) is 16.1 Å². The topological polar surface area (TPSA) is 18.5 Å². The van der Waals surface area contributed by atoms with Gasteiger partial charge in [-0.15, -0.1) is 0 Å². The van der Waals surface area contributed by atoms with Crippen molar-refractivity contribution in [1.29, 1.82) is 0 Å². The lowest BCUT2D eigenvalue weighted by atomic mass is 10.1. The molecule has 0 N–H and O–H groups in total. The Morgan fingerprint density at radius 2 is 2.10 bits per heavy atom.